The van der Waals surface area contributed by atoms with E-state index in [1.165, 1.54) is 72.9 Å². The second-order valence-electron chi connectivity index (χ2n) is 12.0. The summed E-state index contributed by atoms with van der Waals surface area (Å²) in [5.74, 6) is 0.773. The van der Waals surface area contributed by atoms with Crippen LogP contribution in [0.15, 0.2) is 60.7 Å². The molecule has 0 N–H and O–H groups in total. The van der Waals surface area contributed by atoms with Gasteiger partial charge in [-0.1, -0.05) is 68.3 Å². The Balaban J connectivity index is 1.06. The van der Waals surface area contributed by atoms with Crippen LogP contribution in [0, 0.1) is 35.3 Å². The normalized spacial score (nSPS) is 22.5. The number of halogens is 2. The van der Waals surface area contributed by atoms with E-state index in [-0.39, 0.29) is 11.5 Å². The maximum Gasteiger partial charge on any atom is 0.204 e. The third-order valence-corrected chi connectivity index (χ3v) is 9.24. The van der Waals surface area contributed by atoms with E-state index in [9.17, 15) is 8.78 Å². The number of ether oxygens (including phenoxy) is 2. The Kier molecular flexibility index (Phi) is 9.78. The van der Waals surface area contributed by atoms with Crippen molar-refractivity contribution >= 4 is 0 Å². The number of aryl methyl sites for hydroxylation is 2. The molecule has 2 nitrogen and oxygen atoms in total. The third-order valence-electron chi connectivity index (χ3n) is 9.24. The number of benzene rings is 3. The van der Waals surface area contributed by atoms with Gasteiger partial charge in [0, 0.05) is 0 Å². The molecule has 0 aromatic heterocycles. The molecule has 4 unspecified atom stereocenters. The number of fused-ring (bicyclic) bond motifs is 1. The van der Waals surface area contributed by atoms with E-state index in [0.29, 0.717) is 19.1 Å². The zero-order valence-electron chi connectivity index (χ0n) is 24.1. The minimum atomic E-state index is -0.963. The van der Waals surface area contributed by atoms with Crippen molar-refractivity contribution in [2.45, 2.75) is 78.1 Å². The van der Waals surface area contributed by atoms with Crippen LogP contribution < -0.4 is 9.47 Å². The minimum Gasteiger partial charge on any atom is -0.491 e. The van der Waals surface area contributed by atoms with E-state index < -0.39 is 11.6 Å². The maximum absolute atomic E-state index is 14.4. The molecule has 2 fully saturated rings. The van der Waals surface area contributed by atoms with E-state index in [1.807, 2.05) is 0 Å². The smallest absolute Gasteiger partial charge is 0.204 e. The van der Waals surface area contributed by atoms with Crippen LogP contribution in [0.5, 0.6) is 11.5 Å². The second kappa shape index (κ2) is 13.7. The Labute approximate surface area is 239 Å². The summed E-state index contributed by atoms with van der Waals surface area (Å²) in [6, 6.07) is 21.1. The van der Waals surface area contributed by atoms with Crippen molar-refractivity contribution in [2.75, 3.05) is 13.2 Å². The summed E-state index contributed by atoms with van der Waals surface area (Å²) in [4.78, 5) is 0. The van der Waals surface area contributed by atoms with E-state index >= 15 is 0 Å². The topological polar surface area (TPSA) is 18.5 Å². The summed E-state index contributed by atoms with van der Waals surface area (Å²) in [6.45, 7) is 4.72. The molecule has 2 saturated carbocycles. The second-order valence-corrected chi connectivity index (χ2v) is 12.0. The summed E-state index contributed by atoms with van der Waals surface area (Å²) < 4.78 is 39.5. The summed E-state index contributed by atoms with van der Waals surface area (Å²) >= 11 is 0. The highest BCUT2D eigenvalue weighted by Gasteiger charge is 2.35. The molecule has 3 aromatic rings. The standard InChI is InChI=1S/C36H44F2O2/c1-3-5-25-8-14-29(15-9-25)30-16-10-26(11-17-30)6-7-27-12-18-32-23-28(13-19-31(32)22-27)24-40-34-21-20-33(39-4-2)35(37)36(34)38/h8-11,14-17,20-21,27-28,31-32H,3-7,12-13,18-19,22-24H2,1-2H3. The van der Waals surface area contributed by atoms with Gasteiger partial charge in [-0.15, -0.1) is 0 Å². The van der Waals surface area contributed by atoms with Gasteiger partial charge in [-0.3, -0.25) is 0 Å². The molecule has 40 heavy (non-hydrogen) atoms. The molecular formula is C36H44F2O2. The van der Waals surface area contributed by atoms with Crippen LogP contribution in [-0.4, -0.2) is 13.2 Å². The molecule has 214 valence electrons. The van der Waals surface area contributed by atoms with Crippen LogP contribution >= 0.6 is 0 Å². The van der Waals surface area contributed by atoms with E-state index in [0.717, 1.165) is 43.4 Å². The van der Waals surface area contributed by atoms with Gasteiger partial charge in [0.1, 0.15) is 0 Å². The minimum absolute atomic E-state index is 0.00954. The first-order chi connectivity index (χ1) is 19.5. The summed E-state index contributed by atoms with van der Waals surface area (Å²) in [5, 5.41) is 0. The van der Waals surface area contributed by atoms with Crippen molar-refractivity contribution in [3.8, 4) is 22.6 Å². The SMILES string of the molecule is CCCc1ccc(-c2ccc(CCC3CCC4CC(COc5ccc(OCC)c(F)c5F)CCC4C3)cc2)cc1. The van der Waals surface area contributed by atoms with Gasteiger partial charge in [-0.2, -0.15) is 8.78 Å². The van der Waals surface area contributed by atoms with Crippen LogP contribution in [-0.2, 0) is 12.8 Å². The van der Waals surface area contributed by atoms with Crippen molar-refractivity contribution in [1.29, 1.82) is 0 Å². The fourth-order valence-electron chi connectivity index (χ4n) is 6.98. The Morgan fingerprint density at radius 2 is 1.15 bits per heavy atom. The lowest BCUT2D eigenvalue weighted by Gasteiger charge is -2.42. The summed E-state index contributed by atoms with van der Waals surface area (Å²) in [6.07, 6.45) is 12.1. The Morgan fingerprint density at radius 1 is 0.625 bits per heavy atom. The quantitative estimate of drug-likeness (QED) is 0.238. The molecule has 0 radical (unpaired) electrons. The van der Waals surface area contributed by atoms with Crippen molar-refractivity contribution < 1.29 is 18.3 Å². The monoisotopic (exact) mass is 546 g/mol. The van der Waals surface area contributed by atoms with Gasteiger partial charge in [0.25, 0.3) is 0 Å². The third kappa shape index (κ3) is 7.06. The van der Waals surface area contributed by atoms with Crippen molar-refractivity contribution in [3.63, 3.8) is 0 Å². The predicted molar refractivity (Wildman–Crippen MR) is 159 cm³/mol. The van der Waals surface area contributed by atoms with Crippen LogP contribution in [0.4, 0.5) is 8.78 Å². The van der Waals surface area contributed by atoms with Crippen molar-refractivity contribution in [1.82, 2.24) is 0 Å². The Morgan fingerprint density at radius 3 is 1.73 bits per heavy atom. The zero-order valence-corrected chi connectivity index (χ0v) is 24.1. The molecular weight excluding hydrogens is 502 g/mol. The Hall–Kier alpha value is -2.88. The maximum atomic E-state index is 14.4. The highest BCUT2D eigenvalue weighted by atomic mass is 19.2. The molecule has 5 rings (SSSR count). The average molecular weight is 547 g/mol. The van der Waals surface area contributed by atoms with Crippen molar-refractivity contribution in [2.24, 2.45) is 23.7 Å². The molecule has 0 saturated heterocycles. The summed E-state index contributed by atoms with van der Waals surface area (Å²) in [5.41, 5.74) is 5.44. The molecule has 0 bridgehead atoms. The fourth-order valence-corrected chi connectivity index (χ4v) is 6.98. The first kappa shape index (κ1) is 28.6. The van der Waals surface area contributed by atoms with Gasteiger partial charge in [0.05, 0.1) is 13.2 Å². The lowest BCUT2D eigenvalue weighted by Crippen LogP contribution is -2.33. The molecule has 2 aliphatic carbocycles. The van der Waals surface area contributed by atoms with Crippen LogP contribution in [0.2, 0.25) is 0 Å². The average Bonchev–Trinajstić information content (AvgIpc) is 2.99. The highest BCUT2D eigenvalue weighted by molar-refractivity contribution is 5.64. The van der Waals surface area contributed by atoms with E-state index in [1.54, 1.807) is 6.92 Å². The van der Waals surface area contributed by atoms with Gasteiger partial charge in [-0.05, 0) is 116 Å². The first-order valence-corrected chi connectivity index (χ1v) is 15.5. The van der Waals surface area contributed by atoms with Gasteiger partial charge in [0.2, 0.25) is 11.6 Å². The zero-order chi connectivity index (χ0) is 27.9. The van der Waals surface area contributed by atoms with Gasteiger partial charge >= 0.3 is 0 Å². The summed E-state index contributed by atoms with van der Waals surface area (Å²) in [7, 11) is 0. The predicted octanol–water partition coefficient (Wildman–Crippen LogP) is 9.83. The van der Waals surface area contributed by atoms with Crippen LogP contribution in [0.25, 0.3) is 11.1 Å². The molecule has 3 aromatic carbocycles. The number of hydrogen-bond acceptors (Lipinski definition) is 2. The van der Waals surface area contributed by atoms with Gasteiger partial charge in [-0.25, -0.2) is 0 Å². The number of hydrogen-bond donors (Lipinski definition) is 0. The lowest BCUT2D eigenvalue weighted by molar-refractivity contribution is 0.0741. The molecule has 0 heterocycles. The van der Waals surface area contributed by atoms with Crippen LogP contribution in [0.3, 0.4) is 0 Å². The molecule has 4 atom stereocenters. The fraction of sp³-hybridized carbons (Fsp3) is 0.500. The van der Waals surface area contributed by atoms with Crippen molar-refractivity contribution in [3.05, 3.63) is 83.4 Å². The first-order valence-electron chi connectivity index (χ1n) is 15.5. The van der Waals surface area contributed by atoms with Gasteiger partial charge in [0.15, 0.2) is 11.5 Å². The molecule has 0 aliphatic heterocycles. The molecule has 2 aliphatic rings. The molecule has 0 spiro atoms. The largest absolute Gasteiger partial charge is 0.491 e. The Bertz CT molecular complexity index is 1220. The van der Waals surface area contributed by atoms with E-state index in [4.69, 9.17) is 9.47 Å². The number of rotatable bonds is 11. The highest BCUT2D eigenvalue weighted by Crippen LogP contribution is 2.46. The van der Waals surface area contributed by atoms with Gasteiger partial charge < -0.3 is 9.47 Å². The molecule has 0 amide bonds. The lowest BCUT2D eigenvalue weighted by atomic mass is 9.64. The van der Waals surface area contributed by atoms with Crippen LogP contribution in [0.1, 0.15) is 76.3 Å². The van der Waals surface area contributed by atoms with E-state index in [2.05, 4.69) is 55.5 Å². The molecule has 4 heteroatoms.